The van der Waals surface area contributed by atoms with Crippen molar-refractivity contribution in [3.05, 3.63) is 35.9 Å². The quantitative estimate of drug-likeness (QED) is 0.789. The fraction of sp³-hybridized carbons (Fsp3) is 0.308. The average molecular weight is 234 g/mol. The highest BCUT2D eigenvalue weighted by Gasteiger charge is 2.18. The molecule has 0 atom stereocenters. The van der Waals surface area contributed by atoms with E-state index in [1.807, 2.05) is 24.3 Å². The van der Waals surface area contributed by atoms with Crippen molar-refractivity contribution >= 4 is 12.0 Å². The van der Waals surface area contributed by atoms with Crippen LogP contribution in [0.2, 0.25) is 0 Å². The SMILES string of the molecule is O=C(O)/C=C/c1ccc(OCC2COC2)cc1. The second kappa shape index (κ2) is 5.50. The van der Waals surface area contributed by atoms with Crippen LogP contribution in [0.5, 0.6) is 5.75 Å². The summed E-state index contributed by atoms with van der Waals surface area (Å²) in [5.74, 6) is 0.348. The number of carboxylic acids is 1. The van der Waals surface area contributed by atoms with E-state index in [1.165, 1.54) is 0 Å². The van der Waals surface area contributed by atoms with Crippen LogP contribution in [0.1, 0.15) is 5.56 Å². The van der Waals surface area contributed by atoms with Crippen molar-refractivity contribution < 1.29 is 19.4 Å². The average Bonchev–Trinajstić information content (AvgIpc) is 2.26. The van der Waals surface area contributed by atoms with E-state index in [0.29, 0.717) is 12.5 Å². The van der Waals surface area contributed by atoms with Gasteiger partial charge in [0.15, 0.2) is 0 Å². The lowest BCUT2D eigenvalue weighted by Crippen LogP contribution is -2.32. The minimum Gasteiger partial charge on any atom is -0.493 e. The van der Waals surface area contributed by atoms with Crippen LogP contribution in [0.4, 0.5) is 0 Å². The number of benzene rings is 1. The Kier molecular flexibility index (Phi) is 3.77. The third-order valence-electron chi connectivity index (χ3n) is 2.49. The maximum atomic E-state index is 10.3. The van der Waals surface area contributed by atoms with Gasteiger partial charge in [0.05, 0.1) is 19.8 Å². The normalized spacial score (nSPS) is 15.8. The number of hydrogen-bond donors (Lipinski definition) is 1. The van der Waals surface area contributed by atoms with Crippen LogP contribution in [0, 0.1) is 5.92 Å². The second-order valence-electron chi connectivity index (χ2n) is 3.96. The van der Waals surface area contributed by atoms with Gasteiger partial charge in [-0.05, 0) is 23.8 Å². The van der Waals surface area contributed by atoms with Gasteiger partial charge in [-0.25, -0.2) is 4.79 Å². The Hall–Kier alpha value is -1.81. The van der Waals surface area contributed by atoms with Crippen molar-refractivity contribution in [2.45, 2.75) is 0 Å². The molecule has 1 aliphatic rings. The van der Waals surface area contributed by atoms with Crippen LogP contribution in [-0.4, -0.2) is 30.9 Å². The maximum Gasteiger partial charge on any atom is 0.328 e. The van der Waals surface area contributed by atoms with E-state index in [4.69, 9.17) is 14.6 Å². The molecule has 0 amide bonds. The smallest absolute Gasteiger partial charge is 0.328 e. The number of aliphatic carboxylic acids is 1. The molecule has 1 fully saturated rings. The molecule has 4 nitrogen and oxygen atoms in total. The van der Waals surface area contributed by atoms with E-state index in [1.54, 1.807) is 6.08 Å². The zero-order valence-corrected chi connectivity index (χ0v) is 9.33. The molecule has 0 radical (unpaired) electrons. The van der Waals surface area contributed by atoms with Gasteiger partial charge in [-0.1, -0.05) is 12.1 Å². The first-order valence-corrected chi connectivity index (χ1v) is 5.45. The third-order valence-corrected chi connectivity index (χ3v) is 2.49. The third kappa shape index (κ3) is 3.60. The molecule has 2 rings (SSSR count). The summed E-state index contributed by atoms with van der Waals surface area (Å²) < 4.78 is 10.6. The van der Waals surface area contributed by atoms with E-state index in [0.717, 1.165) is 30.6 Å². The Morgan fingerprint density at radius 3 is 2.65 bits per heavy atom. The predicted molar refractivity (Wildman–Crippen MR) is 62.9 cm³/mol. The summed E-state index contributed by atoms with van der Waals surface area (Å²) in [4.78, 5) is 10.3. The minimum atomic E-state index is -0.949. The molecule has 90 valence electrons. The van der Waals surface area contributed by atoms with E-state index in [9.17, 15) is 4.79 Å². The highest BCUT2D eigenvalue weighted by Crippen LogP contribution is 2.16. The van der Waals surface area contributed by atoms with Gasteiger partial charge in [0, 0.05) is 12.0 Å². The van der Waals surface area contributed by atoms with E-state index < -0.39 is 5.97 Å². The Morgan fingerprint density at radius 2 is 2.12 bits per heavy atom. The molecular weight excluding hydrogens is 220 g/mol. The van der Waals surface area contributed by atoms with E-state index in [-0.39, 0.29) is 0 Å². The molecule has 4 heteroatoms. The monoisotopic (exact) mass is 234 g/mol. The molecule has 0 spiro atoms. The van der Waals surface area contributed by atoms with E-state index >= 15 is 0 Å². The van der Waals surface area contributed by atoms with Gasteiger partial charge in [0.25, 0.3) is 0 Å². The summed E-state index contributed by atoms with van der Waals surface area (Å²) in [6.45, 7) is 2.23. The first kappa shape index (κ1) is 11.7. The first-order valence-electron chi connectivity index (χ1n) is 5.45. The van der Waals surface area contributed by atoms with Crippen LogP contribution >= 0.6 is 0 Å². The highest BCUT2D eigenvalue weighted by molar-refractivity contribution is 5.85. The van der Waals surface area contributed by atoms with Gasteiger partial charge >= 0.3 is 5.97 Å². The Labute approximate surface area is 99.5 Å². The summed E-state index contributed by atoms with van der Waals surface area (Å²) in [6.07, 6.45) is 2.66. The Bertz CT molecular complexity index is 404. The Morgan fingerprint density at radius 1 is 1.41 bits per heavy atom. The number of carboxylic acid groups (broad SMARTS) is 1. The molecule has 0 aliphatic carbocycles. The van der Waals surface area contributed by atoms with Crippen LogP contribution < -0.4 is 4.74 Å². The minimum absolute atomic E-state index is 0.501. The molecule has 1 aromatic rings. The molecule has 0 saturated carbocycles. The molecule has 0 bridgehead atoms. The lowest BCUT2D eigenvalue weighted by molar-refractivity contribution is -0.131. The van der Waals surface area contributed by atoms with Crippen molar-refractivity contribution in [3.63, 3.8) is 0 Å². The van der Waals surface area contributed by atoms with Crippen molar-refractivity contribution in [3.8, 4) is 5.75 Å². The summed E-state index contributed by atoms with van der Waals surface area (Å²) in [7, 11) is 0. The van der Waals surface area contributed by atoms with E-state index in [2.05, 4.69) is 0 Å². The number of rotatable bonds is 5. The van der Waals surface area contributed by atoms with Crippen LogP contribution in [0.15, 0.2) is 30.3 Å². The lowest BCUT2D eigenvalue weighted by atomic mass is 10.1. The maximum absolute atomic E-state index is 10.3. The van der Waals surface area contributed by atoms with Gasteiger partial charge in [0.2, 0.25) is 0 Å². The number of hydrogen-bond acceptors (Lipinski definition) is 3. The Balaban J connectivity index is 1.86. The number of ether oxygens (including phenoxy) is 2. The molecule has 17 heavy (non-hydrogen) atoms. The largest absolute Gasteiger partial charge is 0.493 e. The van der Waals surface area contributed by atoms with Gasteiger partial charge < -0.3 is 14.6 Å². The zero-order chi connectivity index (χ0) is 12.1. The molecule has 1 N–H and O–H groups in total. The van der Waals surface area contributed by atoms with Crippen molar-refractivity contribution in [1.29, 1.82) is 0 Å². The van der Waals surface area contributed by atoms with Gasteiger partial charge in [-0.2, -0.15) is 0 Å². The van der Waals surface area contributed by atoms with Gasteiger partial charge in [-0.15, -0.1) is 0 Å². The fourth-order valence-corrected chi connectivity index (χ4v) is 1.44. The lowest BCUT2D eigenvalue weighted by Gasteiger charge is -2.25. The summed E-state index contributed by atoms with van der Waals surface area (Å²) >= 11 is 0. The summed E-state index contributed by atoms with van der Waals surface area (Å²) in [5.41, 5.74) is 0.840. The molecule has 1 heterocycles. The van der Waals surface area contributed by atoms with Crippen LogP contribution in [0.25, 0.3) is 6.08 Å². The van der Waals surface area contributed by atoms with Crippen molar-refractivity contribution in [2.75, 3.05) is 19.8 Å². The fourth-order valence-electron chi connectivity index (χ4n) is 1.44. The van der Waals surface area contributed by atoms with Gasteiger partial charge in [0.1, 0.15) is 5.75 Å². The predicted octanol–water partition coefficient (Wildman–Crippen LogP) is 1.81. The second-order valence-corrected chi connectivity index (χ2v) is 3.96. The molecular formula is C13H14O4. The van der Waals surface area contributed by atoms with Crippen molar-refractivity contribution in [1.82, 2.24) is 0 Å². The molecule has 0 unspecified atom stereocenters. The topological polar surface area (TPSA) is 55.8 Å². The summed E-state index contributed by atoms with van der Waals surface area (Å²) in [5, 5.41) is 8.48. The number of carbonyl (C=O) groups is 1. The highest BCUT2D eigenvalue weighted by atomic mass is 16.5. The first-order chi connectivity index (χ1) is 8.24. The summed E-state index contributed by atoms with van der Waals surface area (Å²) in [6, 6.07) is 7.32. The molecule has 1 aromatic carbocycles. The van der Waals surface area contributed by atoms with Gasteiger partial charge in [-0.3, -0.25) is 0 Å². The molecule has 0 aromatic heterocycles. The zero-order valence-electron chi connectivity index (χ0n) is 9.33. The van der Waals surface area contributed by atoms with Crippen LogP contribution in [-0.2, 0) is 9.53 Å². The van der Waals surface area contributed by atoms with Crippen LogP contribution in [0.3, 0.4) is 0 Å². The molecule has 1 saturated heterocycles. The van der Waals surface area contributed by atoms with Crippen molar-refractivity contribution in [2.24, 2.45) is 5.92 Å². The molecule has 1 aliphatic heterocycles. The standard InChI is InChI=1S/C13H14O4/c14-13(15)6-3-10-1-4-12(5-2-10)17-9-11-7-16-8-11/h1-6,11H,7-9H2,(H,14,15)/b6-3+.